The second-order valence-electron chi connectivity index (χ2n) is 5.06. The van der Waals surface area contributed by atoms with Crippen LogP contribution in [0.1, 0.15) is 16.7 Å². The van der Waals surface area contributed by atoms with Crippen LogP contribution in [0.15, 0.2) is 42.5 Å². The van der Waals surface area contributed by atoms with E-state index in [1.165, 1.54) is 18.2 Å². The average Bonchev–Trinajstić information content (AvgIpc) is 2.43. The van der Waals surface area contributed by atoms with Crippen LogP contribution in [0.4, 0.5) is 8.78 Å². The molecule has 1 nitrogen and oxygen atoms in total. The van der Waals surface area contributed by atoms with Gasteiger partial charge in [-0.05, 0) is 61.7 Å². The van der Waals surface area contributed by atoms with Crippen LogP contribution in [0, 0.1) is 18.6 Å². The molecule has 0 bridgehead atoms. The van der Waals surface area contributed by atoms with E-state index in [9.17, 15) is 8.78 Å². The second kappa shape index (κ2) is 6.62. The van der Waals surface area contributed by atoms with Crippen molar-refractivity contribution >= 4 is 0 Å². The summed E-state index contributed by atoms with van der Waals surface area (Å²) >= 11 is 0. The Hall–Kier alpha value is -1.74. The molecule has 106 valence electrons. The van der Waals surface area contributed by atoms with Gasteiger partial charge in [-0.3, -0.25) is 0 Å². The number of hydrogen-bond donors (Lipinski definition) is 1. The summed E-state index contributed by atoms with van der Waals surface area (Å²) in [7, 11) is 1.87. The molecule has 0 aliphatic carbocycles. The van der Waals surface area contributed by atoms with Gasteiger partial charge in [-0.1, -0.05) is 24.3 Å². The average molecular weight is 275 g/mol. The quantitative estimate of drug-likeness (QED) is 0.878. The van der Waals surface area contributed by atoms with E-state index in [4.69, 9.17) is 0 Å². The van der Waals surface area contributed by atoms with Gasteiger partial charge in [-0.2, -0.15) is 0 Å². The van der Waals surface area contributed by atoms with Crippen molar-refractivity contribution in [3.8, 4) is 0 Å². The zero-order valence-electron chi connectivity index (χ0n) is 11.8. The van der Waals surface area contributed by atoms with Gasteiger partial charge in [0.05, 0.1) is 0 Å². The molecule has 0 aliphatic heterocycles. The minimum Gasteiger partial charge on any atom is -0.316 e. The second-order valence-corrected chi connectivity index (χ2v) is 5.06. The molecule has 0 heterocycles. The monoisotopic (exact) mass is 275 g/mol. The van der Waals surface area contributed by atoms with Crippen molar-refractivity contribution in [2.24, 2.45) is 0 Å². The van der Waals surface area contributed by atoms with Crippen LogP contribution in [-0.4, -0.2) is 13.1 Å². The van der Waals surface area contributed by atoms with Gasteiger partial charge >= 0.3 is 0 Å². The van der Waals surface area contributed by atoms with Gasteiger partial charge in [0.2, 0.25) is 0 Å². The number of nitrogens with one attached hydrogen (secondary N) is 1. The summed E-state index contributed by atoms with van der Waals surface area (Å²) in [5.41, 5.74) is 2.72. The Morgan fingerprint density at radius 2 is 1.70 bits per heavy atom. The first-order chi connectivity index (χ1) is 9.60. The fraction of sp³-hybridized carbons (Fsp3) is 0.294. The van der Waals surface area contributed by atoms with E-state index >= 15 is 0 Å². The molecule has 1 atom stereocenters. The highest BCUT2D eigenvalue weighted by atomic mass is 19.1. The van der Waals surface area contributed by atoms with Gasteiger partial charge in [0.15, 0.2) is 0 Å². The predicted molar refractivity (Wildman–Crippen MR) is 77.8 cm³/mol. The smallest absolute Gasteiger partial charge is 0.126 e. The van der Waals surface area contributed by atoms with Crippen molar-refractivity contribution in [3.05, 3.63) is 70.8 Å². The Morgan fingerprint density at radius 1 is 1.00 bits per heavy atom. The van der Waals surface area contributed by atoms with E-state index < -0.39 is 0 Å². The van der Waals surface area contributed by atoms with Crippen LogP contribution < -0.4 is 5.32 Å². The van der Waals surface area contributed by atoms with Crippen LogP contribution in [0.3, 0.4) is 0 Å². The fourth-order valence-corrected chi connectivity index (χ4v) is 2.36. The molecule has 0 amide bonds. The molecule has 0 aliphatic rings. The summed E-state index contributed by atoms with van der Waals surface area (Å²) < 4.78 is 26.8. The van der Waals surface area contributed by atoms with E-state index in [1.807, 2.05) is 20.0 Å². The van der Waals surface area contributed by atoms with Gasteiger partial charge in [0, 0.05) is 6.04 Å². The normalized spacial score (nSPS) is 12.4. The van der Waals surface area contributed by atoms with Crippen molar-refractivity contribution < 1.29 is 8.78 Å². The predicted octanol–water partition coefficient (Wildman–Crippen LogP) is 3.65. The molecule has 0 saturated heterocycles. The van der Waals surface area contributed by atoms with Gasteiger partial charge in [-0.15, -0.1) is 0 Å². The Kier molecular flexibility index (Phi) is 4.85. The van der Waals surface area contributed by atoms with Crippen molar-refractivity contribution in [1.29, 1.82) is 0 Å². The van der Waals surface area contributed by atoms with Gasteiger partial charge in [0.25, 0.3) is 0 Å². The maximum absolute atomic E-state index is 13.7. The van der Waals surface area contributed by atoms with Crippen molar-refractivity contribution in [3.63, 3.8) is 0 Å². The summed E-state index contributed by atoms with van der Waals surface area (Å²) in [6, 6.07) is 11.7. The highest BCUT2D eigenvalue weighted by Gasteiger charge is 2.12. The molecule has 2 aromatic rings. The third kappa shape index (κ3) is 3.64. The number of rotatable bonds is 5. The summed E-state index contributed by atoms with van der Waals surface area (Å²) in [5, 5.41) is 3.21. The molecule has 0 radical (unpaired) electrons. The highest BCUT2D eigenvalue weighted by Crippen LogP contribution is 2.15. The van der Waals surface area contributed by atoms with E-state index in [1.54, 1.807) is 18.2 Å². The number of halogens is 2. The van der Waals surface area contributed by atoms with Crippen molar-refractivity contribution in [2.45, 2.75) is 25.8 Å². The lowest BCUT2D eigenvalue weighted by molar-refractivity contribution is 0.530. The largest absolute Gasteiger partial charge is 0.316 e. The zero-order chi connectivity index (χ0) is 14.5. The van der Waals surface area contributed by atoms with Crippen LogP contribution in [0.2, 0.25) is 0 Å². The molecule has 0 fully saturated rings. The van der Waals surface area contributed by atoms with Crippen molar-refractivity contribution in [1.82, 2.24) is 5.32 Å². The van der Waals surface area contributed by atoms with E-state index in [0.717, 1.165) is 17.5 Å². The zero-order valence-corrected chi connectivity index (χ0v) is 11.8. The van der Waals surface area contributed by atoms with Gasteiger partial charge in [0.1, 0.15) is 11.6 Å². The Labute approximate surface area is 118 Å². The number of likely N-dealkylation sites (N-methyl/N-ethyl adjacent to an activating group) is 1. The maximum Gasteiger partial charge on any atom is 0.126 e. The lowest BCUT2D eigenvalue weighted by Crippen LogP contribution is -2.30. The summed E-state index contributed by atoms with van der Waals surface area (Å²) in [6.07, 6.45) is 1.36. The van der Waals surface area contributed by atoms with Crippen LogP contribution in [0.5, 0.6) is 0 Å². The molecule has 2 aromatic carbocycles. The van der Waals surface area contributed by atoms with E-state index in [0.29, 0.717) is 12.0 Å². The van der Waals surface area contributed by atoms with E-state index in [-0.39, 0.29) is 17.7 Å². The lowest BCUT2D eigenvalue weighted by Gasteiger charge is -2.18. The topological polar surface area (TPSA) is 12.0 Å². The molecule has 0 spiro atoms. The standard InChI is InChI=1S/C17H19F2N/c1-12-9-15(18)8-7-13(12)10-16(20-2)11-14-5-3-4-6-17(14)19/h3-9,16,20H,10-11H2,1-2H3. The first-order valence-corrected chi connectivity index (χ1v) is 6.76. The molecule has 3 heteroatoms. The number of aryl methyl sites for hydroxylation is 1. The fourth-order valence-electron chi connectivity index (χ4n) is 2.36. The number of hydrogen-bond acceptors (Lipinski definition) is 1. The van der Waals surface area contributed by atoms with Gasteiger partial charge < -0.3 is 5.32 Å². The molecule has 1 N–H and O–H groups in total. The highest BCUT2D eigenvalue weighted by molar-refractivity contribution is 5.28. The van der Waals surface area contributed by atoms with Crippen molar-refractivity contribution in [2.75, 3.05) is 7.05 Å². The van der Waals surface area contributed by atoms with Crippen LogP contribution >= 0.6 is 0 Å². The minimum atomic E-state index is -0.221. The molecule has 0 aromatic heterocycles. The van der Waals surface area contributed by atoms with Crippen LogP contribution in [-0.2, 0) is 12.8 Å². The molecule has 20 heavy (non-hydrogen) atoms. The molecule has 0 saturated carbocycles. The third-order valence-electron chi connectivity index (χ3n) is 3.60. The SMILES string of the molecule is CNC(Cc1ccc(F)cc1C)Cc1ccccc1F. The Balaban J connectivity index is 2.11. The minimum absolute atomic E-state index is 0.121. The third-order valence-corrected chi connectivity index (χ3v) is 3.60. The molecule has 2 rings (SSSR count). The molecule has 1 unspecified atom stereocenters. The maximum atomic E-state index is 13.7. The lowest BCUT2D eigenvalue weighted by atomic mass is 9.96. The summed E-state index contributed by atoms with van der Waals surface area (Å²) in [6.45, 7) is 1.90. The Morgan fingerprint density at radius 3 is 2.35 bits per heavy atom. The molecular formula is C17H19F2N. The molecular weight excluding hydrogens is 256 g/mol. The van der Waals surface area contributed by atoms with Crippen LogP contribution in [0.25, 0.3) is 0 Å². The van der Waals surface area contributed by atoms with Gasteiger partial charge in [-0.25, -0.2) is 8.78 Å². The Bertz CT molecular complexity index is 581. The first kappa shape index (κ1) is 14.7. The summed E-state index contributed by atoms with van der Waals surface area (Å²) in [4.78, 5) is 0. The first-order valence-electron chi connectivity index (χ1n) is 6.76. The number of benzene rings is 2. The van der Waals surface area contributed by atoms with E-state index in [2.05, 4.69) is 5.32 Å². The summed E-state index contributed by atoms with van der Waals surface area (Å²) in [5.74, 6) is -0.398.